The fourth-order valence-corrected chi connectivity index (χ4v) is 8.75. The van der Waals surface area contributed by atoms with Gasteiger partial charge in [0, 0.05) is 52.3 Å². The first-order valence-electron chi connectivity index (χ1n) is 20.5. The molecule has 0 fully saturated rings. The van der Waals surface area contributed by atoms with Crippen molar-refractivity contribution in [3.05, 3.63) is 186 Å². The molecule has 0 aliphatic rings. The van der Waals surface area contributed by atoms with Crippen molar-refractivity contribution in [2.75, 3.05) is 0 Å². The van der Waals surface area contributed by atoms with Crippen LogP contribution in [0.1, 0.15) is 0 Å². The van der Waals surface area contributed by atoms with Crippen LogP contribution in [0.15, 0.2) is 190 Å². The Morgan fingerprint density at radius 3 is 1.35 bits per heavy atom. The van der Waals surface area contributed by atoms with Gasteiger partial charge in [0.2, 0.25) is 0 Å². The van der Waals surface area contributed by atoms with Gasteiger partial charge in [-0.15, -0.1) is 0 Å². The Balaban J connectivity index is 1.03. The number of aromatic nitrogens is 5. The van der Waals surface area contributed by atoms with Gasteiger partial charge in [0.1, 0.15) is 22.3 Å². The normalized spacial score (nSPS) is 11.8. The Kier molecular flexibility index (Phi) is 7.95. The molecule has 8 nitrogen and oxygen atoms in total. The molecule has 0 saturated heterocycles. The van der Waals surface area contributed by atoms with Crippen molar-refractivity contribution in [2.24, 2.45) is 14.1 Å². The topological polar surface area (TPSA) is 91.9 Å². The van der Waals surface area contributed by atoms with Gasteiger partial charge in [-0.3, -0.25) is 9.13 Å². The summed E-state index contributed by atoms with van der Waals surface area (Å²) in [4.78, 5) is 28.1. The number of benzene rings is 8. The van der Waals surface area contributed by atoms with E-state index in [1.165, 1.54) is 0 Å². The van der Waals surface area contributed by atoms with Crippen LogP contribution in [0.2, 0.25) is 0 Å². The third kappa shape index (κ3) is 5.84. The van der Waals surface area contributed by atoms with E-state index < -0.39 is 0 Å². The van der Waals surface area contributed by atoms with E-state index in [9.17, 15) is 4.79 Å². The van der Waals surface area contributed by atoms with Crippen molar-refractivity contribution in [3.63, 3.8) is 0 Å². The predicted molar refractivity (Wildman–Crippen MR) is 249 cm³/mol. The van der Waals surface area contributed by atoms with E-state index >= 15 is 0 Å². The lowest BCUT2D eigenvalue weighted by Gasteiger charge is -2.13. The largest absolute Gasteiger partial charge is 0.456 e. The van der Waals surface area contributed by atoms with Gasteiger partial charge in [-0.1, -0.05) is 109 Å². The molecule has 8 aromatic carbocycles. The molecule has 12 aromatic rings. The van der Waals surface area contributed by atoms with Crippen molar-refractivity contribution in [2.45, 2.75) is 0 Å². The second-order valence-corrected chi connectivity index (χ2v) is 15.8. The third-order valence-electron chi connectivity index (χ3n) is 12.0. The summed E-state index contributed by atoms with van der Waals surface area (Å²) >= 11 is 0. The summed E-state index contributed by atoms with van der Waals surface area (Å²) in [6.45, 7) is 0. The first-order chi connectivity index (χ1) is 30.4. The molecule has 0 unspecified atom stereocenters. The van der Waals surface area contributed by atoms with Crippen LogP contribution in [-0.2, 0) is 14.1 Å². The number of aryl methyl sites for hydroxylation is 2. The average molecular weight is 802 g/mol. The van der Waals surface area contributed by atoms with Crippen LogP contribution in [-0.4, -0.2) is 24.1 Å². The summed E-state index contributed by atoms with van der Waals surface area (Å²) in [7, 11) is 3.60. The third-order valence-corrected chi connectivity index (χ3v) is 12.0. The molecule has 0 saturated carbocycles. The monoisotopic (exact) mass is 801 g/mol. The van der Waals surface area contributed by atoms with Crippen molar-refractivity contribution in [1.82, 2.24) is 24.1 Å². The first-order valence-corrected chi connectivity index (χ1v) is 20.5. The van der Waals surface area contributed by atoms with Crippen LogP contribution < -0.4 is 5.69 Å². The summed E-state index contributed by atoms with van der Waals surface area (Å²) in [5.41, 5.74) is 13.9. The van der Waals surface area contributed by atoms with E-state index in [1.54, 1.807) is 23.2 Å². The van der Waals surface area contributed by atoms with Crippen molar-refractivity contribution in [3.8, 4) is 67.5 Å². The maximum Gasteiger partial charge on any atom is 0.328 e. The summed E-state index contributed by atoms with van der Waals surface area (Å²) in [5, 5.41) is 4.26. The zero-order chi connectivity index (χ0) is 41.5. The summed E-state index contributed by atoms with van der Waals surface area (Å²) in [5.74, 6) is 1.70. The van der Waals surface area contributed by atoms with Crippen molar-refractivity contribution < 1.29 is 8.83 Å². The fraction of sp³-hybridized carbons (Fsp3) is 0.0370. The molecule has 8 heteroatoms. The van der Waals surface area contributed by atoms with Gasteiger partial charge in [-0.2, -0.15) is 0 Å². The highest BCUT2D eigenvalue weighted by atomic mass is 16.3. The van der Waals surface area contributed by atoms with Crippen LogP contribution in [0, 0.1) is 0 Å². The highest BCUT2D eigenvalue weighted by Crippen LogP contribution is 2.39. The SMILES string of the molecule is Cn1c(=O)n(C)c2cc(-c3ccc(-c4nc(-c5ccccc5)nc(-c5cc(-c6ccc7oc8ccccc8c7c6)cc(-c6ccc7oc8ccccc8c7c6)c5)n4)cc3)ccc21. The predicted octanol–water partition coefficient (Wildman–Crippen LogP) is 12.9. The van der Waals surface area contributed by atoms with E-state index in [2.05, 4.69) is 91.0 Å². The first kappa shape index (κ1) is 35.6. The Morgan fingerprint density at radius 2 is 0.758 bits per heavy atom. The Labute approximate surface area is 354 Å². The number of imidazole rings is 1. The summed E-state index contributed by atoms with van der Waals surface area (Å²) in [6.07, 6.45) is 0. The minimum Gasteiger partial charge on any atom is -0.456 e. The van der Waals surface area contributed by atoms with E-state index in [0.717, 1.165) is 105 Å². The smallest absolute Gasteiger partial charge is 0.328 e. The number of fused-ring (bicyclic) bond motifs is 7. The molecule has 0 amide bonds. The Morgan fingerprint density at radius 1 is 0.339 bits per heavy atom. The highest BCUT2D eigenvalue weighted by molar-refractivity contribution is 6.07. The molecular formula is C54H35N5O3. The zero-order valence-electron chi connectivity index (χ0n) is 33.7. The second kappa shape index (κ2) is 13.9. The Hall–Kier alpha value is -8.36. The maximum absolute atomic E-state index is 12.6. The average Bonchev–Trinajstić information content (AvgIpc) is 3.97. The quantitative estimate of drug-likeness (QED) is 0.166. The molecule has 4 aromatic heterocycles. The van der Waals surface area contributed by atoms with Crippen LogP contribution in [0.4, 0.5) is 0 Å². The number of hydrogen-bond acceptors (Lipinski definition) is 6. The van der Waals surface area contributed by atoms with Crippen LogP contribution in [0.3, 0.4) is 0 Å². The van der Waals surface area contributed by atoms with Gasteiger partial charge >= 0.3 is 5.69 Å². The van der Waals surface area contributed by atoms with Crippen molar-refractivity contribution >= 4 is 54.9 Å². The van der Waals surface area contributed by atoms with Gasteiger partial charge in [-0.05, 0) is 100 Å². The van der Waals surface area contributed by atoms with Crippen LogP contribution >= 0.6 is 0 Å². The summed E-state index contributed by atoms with van der Waals surface area (Å²) < 4.78 is 15.8. The molecular weight excluding hydrogens is 767 g/mol. The second-order valence-electron chi connectivity index (χ2n) is 15.8. The molecule has 4 heterocycles. The van der Waals surface area contributed by atoms with Crippen LogP contribution in [0.25, 0.3) is 122 Å². The molecule has 0 aliphatic carbocycles. The number of rotatable bonds is 6. The zero-order valence-corrected chi connectivity index (χ0v) is 33.7. The highest BCUT2D eigenvalue weighted by Gasteiger charge is 2.18. The lowest BCUT2D eigenvalue weighted by atomic mass is 9.94. The number of hydrogen-bond donors (Lipinski definition) is 0. The molecule has 0 spiro atoms. The molecule has 294 valence electrons. The molecule has 62 heavy (non-hydrogen) atoms. The van der Waals surface area contributed by atoms with Gasteiger partial charge in [0.25, 0.3) is 0 Å². The fourth-order valence-electron chi connectivity index (χ4n) is 8.75. The molecule has 0 radical (unpaired) electrons. The number of nitrogens with zero attached hydrogens (tertiary/aromatic N) is 5. The molecule has 12 rings (SSSR count). The summed E-state index contributed by atoms with van der Waals surface area (Å²) in [6, 6.07) is 60.0. The Bertz CT molecular complexity index is 3670. The van der Waals surface area contributed by atoms with E-state index in [1.807, 2.05) is 84.9 Å². The lowest BCUT2D eigenvalue weighted by Crippen LogP contribution is -2.19. The standard InChI is InChI=1S/C54H35N5O3/c1-58-45-23-20-37(31-46(45)59(2)54(58)60)32-16-18-34(19-17-32)52-55-51(33-10-4-3-5-11-33)56-53(57-52)40-27-38(35-21-24-49-43(29-35)41-12-6-8-14-47(41)61-49)26-39(28-40)36-22-25-50-44(30-36)42-13-7-9-15-48(42)62-50/h3-31H,1-2H3. The van der Waals surface area contributed by atoms with Gasteiger partial charge in [0.05, 0.1) is 11.0 Å². The van der Waals surface area contributed by atoms with Gasteiger partial charge in [-0.25, -0.2) is 19.7 Å². The molecule has 0 bridgehead atoms. The van der Waals surface area contributed by atoms with Gasteiger partial charge in [0.15, 0.2) is 17.5 Å². The van der Waals surface area contributed by atoms with Crippen molar-refractivity contribution in [1.29, 1.82) is 0 Å². The van der Waals surface area contributed by atoms with E-state index in [4.69, 9.17) is 23.8 Å². The van der Waals surface area contributed by atoms with E-state index in [0.29, 0.717) is 17.5 Å². The minimum absolute atomic E-state index is 0.0506. The lowest BCUT2D eigenvalue weighted by molar-refractivity contribution is 0.668. The van der Waals surface area contributed by atoms with E-state index in [-0.39, 0.29) is 5.69 Å². The molecule has 0 N–H and O–H groups in total. The molecule has 0 aliphatic heterocycles. The number of para-hydroxylation sites is 2. The number of furan rings is 2. The maximum atomic E-state index is 12.6. The minimum atomic E-state index is -0.0506. The molecule has 0 atom stereocenters. The van der Waals surface area contributed by atoms with Gasteiger partial charge < -0.3 is 8.83 Å². The van der Waals surface area contributed by atoms with Crippen LogP contribution in [0.5, 0.6) is 0 Å².